The fraction of sp³-hybridized carbons (Fsp3) is 0.263. The number of esters is 2. The van der Waals surface area contributed by atoms with Crippen molar-refractivity contribution >= 4 is 23.3 Å². The van der Waals surface area contributed by atoms with Gasteiger partial charge in [0.15, 0.2) is 0 Å². The molecule has 0 atom stereocenters. The Labute approximate surface area is 146 Å². The Morgan fingerprint density at radius 3 is 2.16 bits per heavy atom. The highest BCUT2D eigenvalue weighted by atomic mass is 16.5. The number of hydrogen-bond donors (Lipinski definition) is 2. The Balaban J connectivity index is 2.35. The first-order chi connectivity index (χ1) is 12.1. The highest BCUT2D eigenvalue weighted by Gasteiger charge is 2.19. The first kappa shape index (κ1) is 18.3. The van der Waals surface area contributed by atoms with E-state index in [2.05, 4.69) is 5.32 Å². The first-order valence-corrected chi connectivity index (χ1v) is 8.12. The van der Waals surface area contributed by atoms with Crippen molar-refractivity contribution in [3.63, 3.8) is 0 Å². The van der Waals surface area contributed by atoms with Crippen molar-refractivity contribution in [2.24, 2.45) is 0 Å². The molecule has 0 fully saturated rings. The summed E-state index contributed by atoms with van der Waals surface area (Å²) in [5.74, 6) is -1.03. The van der Waals surface area contributed by atoms with Gasteiger partial charge < -0.3 is 20.5 Å². The van der Waals surface area contributed by atoms with Crippen molar-refractivity contribution in [3.8, 4) is 0 Å². The molecule has 0 saturated heterocycles. The zero-order chi connectivity index (χ0) is 18.2. The number of nitrogens with two attached hydrogens (primary N) is 1. The van der Waals surface area contributed by atoms with E-state index < -0.39 is 11.9 Å². The molecule has 2 aromatic carbocycles. The zero-order valence-corrected chi connectivity index (χ0v) is 14.4. The second kappa shape index (κ2) is 8.73. The van der Waals surface area contributed by atoms with Crippen molar-refractivity contribution in [2.75, 3.05) is 24.3 Å². The lowest BCUT2D eigenvalue weighted by molar-refractivity contribution is 0.0513. The van der Waals surface area contributed by atoms with Crippen molar-refractivity contribution in [1.82, 2.24) is 0 Å². The van der Waals surface area contributed by atoms with Crippen LogP contribution in [0.2, 0.25) is 0 Å². The molecule has 0 saturated carbocycles. The maximum absolute atomic E-state index is 12.2. The summed E-state index contributed by atoms with van der Waals surface area (Å²) in [4.78, 5) is 24.3. The number of anilines is 2. The third-order valence-electron chi connectivity index (χ3n) is 3.51. The minimum absolute atomic E-state index is 0.173. The lowest BCUT2D eigenvalue weighted by Gasteiger charge is -2.15. The quantitative estimate of drug-likeness (QED) is 0.593. The predicted molar refractivity (Wildman–Crippen MR) is 96.5 cm³/mol. The van der Waals surface area contributed by atoms with Gasteiger partial charge in [-0.15, -0.1) is 0 Å². The van der Waals surface area contributed by atoms with E-state index in [1.165, 1.54) is 12.1 Å². The van der Waals surface area contributed by atoms with Gasteiger partial charge in [-0.2, -0.15) is 0 Å². The van der Waals surface area contributed by atoms with E-state index in [0.717, 1.165) is 5.56 Å². The summed E-state index contributed by atoms with van der Waals surface area (Å²) >= 11 is 0. The van der Waals surface area contributed by atoms with Gasteiger partial charge in [-0.1, -0.05) is 30.3 Å². The standard InChI is InChI=1S/C19H22N2O4/c1-3-24-18(22)14-11-17(21-12-13-8-6-5-7-9-13)15(10-16(14)20)19(23)25-4-2/h5-11,21H,3-4,12,20H2,1-2H3. The van der Waals surface area contributed by atoms with E-state index in [1.807, 2.05) is 30.3 Å². The van der Waals surface area contributed by atoms with Crippen molar-refractivity contribution < 1.29 is 19.1 Å². The Morgan fingerprint density at radius 1 is 0.960 bits per heavy atom. The lowest BCUT2D eigenvalue weighted by Crippen LogP contribution is -2.14. The minimum Gasteiger partial charge on any atom is -0.462 e. The topological polar surface area (TPSA) is 90.6 Å². The van der Waals surface area contributed by atoms with Crippen LogP contribution in [0.4, 0.5) is 11.4 Å². The molecule has 25 heavy (non-hydrogen) atoms. The van der Waals surface area contributed by atoms with Crippen LogP contribution < -0.4 is 11.1 Å². The molecular formula is C19H22N2O4. The Kier molecular flexibility index (Phi) is 6.39. The monoisotopic (exact) mass is 342 g/mol. The van der Waals surface area contributed by atoms with E-state index in [-0.39, 0.29) is 30.0 Å². The molecule has 0 bridgehead atoms. The van der Waals surface area contributed by atoms with Crippen LogP contribution in [0.3, 0.4) is 0 Å². The second-order valence-corrected chi connectivity index (χ2v) is 5.27. The van der Waals surface area contributed by atoms with E-state index in [0.29, 0.717) is 12.2 Å². The number of nitrogen functional groups attached to an aromatic ring is 1. The van der Waals surface area contributed by atoms with Gasteiger partial charge in [-0.05, 0) is 31.5 Å². The number of carbonyl (C=O) groups is 2. The number of rotatable bonds is 7. The summed E-state index contributed by atoms with van der Waals surface area (Å²) in [6.07, 6.45) is 0. The number of benzene rings is 2. The average molecular weight is 342 g/mol. The summed E-state index contributed by atoms with van der Waals surface area (Å²) in [5.41, 5.74) is 8.10. The van der Waals surface area contributed by atoms with Gasteiger partial charge in [0.25, 0.3) is 0 Å². The Bertz CT molecular complexity index is 745. The molecule has 0 aliphatic rings. The number of carbonyl (C=O) groups excluding carboxylic acids is 2. The molecule has 0 aliphatic heterocycles. The van der Waals surface area contributed by atoms with Gasteiger partial charge in [0.05, 0.1) is 24.3 Å². The molecule has 0 amide bonds. The van der Waals surface area contributed by atoms with Gasteiger partial charge in [0.2, 0.25) is 0 Å². The molecule has 2 rings (SSSR count). The molecule has 6 nitrogen and oxygen atoms in total. The summed E-state index contributed by atoms with van der Waals surface area (Å²) in [5, 5.41) is 3.17. The minimum atomic E-state index is -0.529. The number of ether oxygens (including phenoxy) is 2. The van der Waals surface area contributed by atoms with E-state index in [4.69, 9.17) is 15.2 Å². The smallest absolute Gasteiger partial charge is 0.340 e. The van der Waals surface area contributed by atoms with Crippen LogP contribution >= 0.6 is 0 Å². The van der Waals surface area contributed by atoms with Crippen LogP contribution in [0.5, 0.6) is 0 Å². The van der Waals surface area contributed by atoms with Crippen LogP contribution in [0.15, 0.2) is 42.5 Å². The third kappa shape index (κ3) is 4.73. The normalized spacial score (nSPS) is 10.2. The van der Waals surface area contributed by atoms with Gasteiger partial charge in [-0.3, -0.25) is 0 Å². The summed E-state index contributed by atoms with van der Waals surface area (Å²) in [7, 11) is 0. The number of hydrogen-bond acceptors (Lipinski definition) is 6. The first-order valence-electron chi connectivity index (χ1n) is 8.12. The van der Waals surface area contributed by atoms with Crippen molar-refractivity contribution in [1.29, 1.82) is 0 Å². The van der Waals surface area contributed by atoms with Gasteiger partial charge in [-0.25, -0.2) is 9.59 Å². The Hall–Kier alpha value is -3.02. The zero-order valence-electron chi connectivity index (χ0n) is 14.4. The SMILES string of the molecule is CCOC(=O)c1cc(NCc2ccccc2)c(C(=O)OCC)cc1N. The van der Waals surface area contributed by atoms with Crippen LogP contribution in [-0.2, 0) is 16.0 Å². The van der Waals surface area contributed by atoms with Gasteiger partial charge in [0, 0.05) is 17.9 Å². The molecule has 0 spiro atoms. The Morgan fingerprint density at radius 2 is 1.56 bits per heavy atom. The van der Waals surface area contributed by atoms with Crippen LogP contribution in [-0.4, -0.2) is 25.2 Å². The number of nitrogens with one attached hydrogen (secondary N) is 1. The lowest BCUT2D eigenvalue weighted by atomic mass is 10.1. The molecule has 0 aromatic heterocycles. The summed E-state index contributed by atoms with van der Waals surface area (Å²) in [6.45, 7) is 4.42. The highest BCUT2D eigenvalue weighted by Crippen LogP contribution is 2.26. The second-order valence-electron chi connectivity index (χ2n) is 5.27. The van der Waals surface area contributed by atoms with Crippen LogP contribution in [0.1, 0.15) is 40.1 Å². The summed E-state index contributed by atoms with van der Waals surface area (Å²) < 4.78 is 10.1. The predicted octanol–water partition coefficient (Wildman–Crippen LogP) is 3.23. The molecule has 0 aliphatic carbocycles. The van der Waals surface area contributed by atoms with E-state index >= 15 is 0 Å². The molecule has 2 aromatic rings. The van der Waals surface area contributed by atoms with Gasteiger partial charge in [0.1, 0.15) is 0 Å². The van der Waals surface area contributed by atoms with Crippen LogP contribution in [0.25, 0.3) is 0 Å². The fourth-order valence-corrected chi connectivity index (χ4v) is 2.32. The van der Waals surface area contributed by atoms with Gasteiger partial charge >= 0.3 is 11.9 Å². The largest absolute Gasteiger partial charge is 0.462 e. The third-order valence-corrected chi connectivity index (χ3v) is 3.51. The maximum Gasteiger partial charge on any atom is 0.340 e. The highest BCUT2D eigenvalue weighted by molar-refractivity contribution is 6.02. The maximum atomic E-state index is 12.2. The average Bonchev–Trinajstić information content (AvgIpc) is 2.61. The van der Waals surface area contributed by atoms with Crippen molar-refractivity contribution in [3.05, 3.63) is 59.2 Å². The molecule has 6 heteroatoms. The molecule has 132 valence electrons. The van der Waals surface area contributed by atoms with Crippen LogP contribution in [0, 0.1) is 0 Å². The molecule has 0 unspecified atom stereocenters. The van der Waals surface area contributed by atoms with Crippen molar-refractivity contribution in [2.45, 2.75) is 20.4 Å². The molecule has 3 N–H and O–H groups in total. The molecule has 0 heterocycles. The van der Waals surface area contributed by atoms with E-state index in [9.17, 15) is 9.59 Å². The molecule has 0 radical (unpaired) electrons. The van der Waals surface area contributed by atoms with E-state index in [1.54, 1.807) is 13.8 Å². The summed E-state index contributed by atoms with van der Waals surface area (Å²) in [6, 6.07) is 12.7. The molecular weight excluding hydrogens is 320 g/mol. The fourth-order valence-electron chi connectivity index (χ4n) is 2.32.